The first-order valence-corrected chi connectivity index (χ1v) is 6.28. The summed E-state index contributed by atoms with van der Waals surface area (Å²) in [5.41, 5.74) is -1.64. The second-order valence-electron chi connectivity index (χ2n) is 4.53. The molecule has 0 saturated heterocycles. The molecule has 0 spiro atoms. The minimum Gasteiger partial charge on any atom is -0.466 e. The Morgan fingerprint density at radius 1 is 1.45 bits per heavy atom. The predicted octanol–water partition coefficient (Wildman–Crippen LogP) is 2.71. The van der Waals surface area contributed by atoms with Crippen molar-refractivity contribution in [3.63, 3.8) is 0 Å². The molecule has 1 aromatic carbocycles. The molecule has 1 atom stereocenters. The van der Waals surface area contributed by atoms with E-state index in [1.54, 1.807) is 12.1 Å². The number of rotatable bonds is 4. The lowest BCUT2D eigenvalue weighted by molar-refractivity contribution is 0.0329. The largest absolute Gasteiger partial charge is 0.466 e. The zero-order valence-electron chi connectivity index (χ0n) is 10.7. The molecule has 6 heteroatoms. The molecule has 0 radical (unpaired) electrons. The van der Waals surface area contributed by atoms with Crippen LogP contribution in [0.4, 0.5) is 4.39 Å². The first kappa shape index (κ1) is 14.6. The quantitative estimate of drug-likeness (QED) is 0.912. The molecule has 0 aliphatic heterocycles. The van der Waals surface area contributed by atoms with Crippen LogP contribution in [-0.2, 0) is 5.60 Å². The summed E-state index contributed by atoms with van der Waals surface area (Å²) in [4.78, 5) is 11.9. The van der Waals surface area contributed by atoms with Gasteiger partial charge in [0.1, 0.15) is 17.2 Å². The Morgan fingerprint density at radius 3 is 2.80 bits per heavy atom. The highest BCUT2D eigenvalue weighted by atomic mass is 35.5. The molecule has 2 rings (SSSR count). The second-order valence-corrected chi connectivity index (χ2v) is 4.94. The van der Waals surface area contributed by atoms with Crippen LogP contribution in [0.2, 0.25) is 5.02 Å². The molecular weight excluding hydrogens is 285 g/mol. The van der Waals surface area contributed by atoms with E-state index in [2.05, 4.69) is 5.32 Å². The van der Waals surface area contributed by atoms with E-state index in [1.165, 1.54) is 25.3 Å². The highest BCUT2D eigenvalue weighted by Crippen LogP contribution is 2.21. The molecule has 2 N–H and O–H groups in total. The van der Waals surface area contributed by atoms with E-state index >= 15 is 0 Å². The second kappa shape index (κ2) is 5.64. The Morgan fingerprint density at radius 2 is 2.20 bits per heavy atom. The topological polar surface area (TPSA) is 62.5 Å². The van der Waals surface area contributed by atoms with Gasteiger partial charge in [-0.25, -0.2) is 4.39 Å². The summed E-state index contributed by atoms with van der Waals surface area (Å²) in [5, 5.41) is 12.6. The molecule has 0 unspecified atom stereocenters. The molecule has 4 nitrogen and oxygen atoms in total. The summed E-state index contributed by atoms with van der Waals surface area (Å²) in [6, 6.07) is 7.19. The van der Waals surface area contributed by atoms with Crippen LogP contribution in [0.25, 0.3) is 0 Å². The van der Waals surface area contributed by atoms with Gasteiger partial charge in [-0.3, -0.25) is 4.79 Å². The minimum atomic E-state index is -1.39. The number of carbonyl (C=O) groups is 1. The van der Waals surface area contributed by atoms with Gasteiger partial charge < -0.3 is 14.8 Å². The lowest BCUT2D eigenvalue weighted by Crippen LogP contribution is -2.38. The van der Waals surface area contributed by atoms with Crippen LogP contribution < -0.4 is 5.32 Å². The van der Waals surface area contributed by atoms with Crippen molar-refractivity contribution >= 4 is 17.5 Å². The fraction of sp³-hybridized carbons (Fsp3) is 0.214. The number of nitrogens with one attached hydrogen (secondary N) is 1. The van der Waals surface area contributed by atoms with Gasteiger partial charge in [0, 0.05) is 0 Å². The van der Waals surface area contributed by atoms with Crippen LogP contribution in [0.1, 0.15) is 23.0 Å². The van der Waals surface area contributed by atoms with Gasteiger partial charge in [0.25, 0.3) is 5.91 Å². The number of hydrogen-bond donors (Lipinski definition) is 2. The average molecular weight is 298 g/mol. The number of benzene rings is 1. The zero-order valence-corrected chi connectivity index (χ0v) is 11.4. The smallest absolute Gasteiger partial charge is 0.255 e. The van der Waals surface area contributed by atoms with Crippen molar-refractivity contribution in [2.24, 2.45) is 0 Å². The van der Waals surface area contributed by atoms with Gasteiger partial charge in [-0.05, 0) is 31.2 Å². The molecule has 20 heavy (non-hydrogen) atoms. The number of hydrogen-bond acceptors (Lipinski definition) is 3. The monoisotopic (exact) mass is 297 g/mol. The van der Waals surface area contributed by atoms with Gasteiger partial charge in [-0.15, -0.1) is 0 Å². The molecule has 0 fully saturated rings. The Bertz CT molecular complexity index is 591. The molecule has 2 aromatic rings. The van der Waals surface area contributed by atoms with E-state index in [0.29, 0.717) is 5.76 Å². The SMILES string of the molecule is C[C@@](O)(CNC(=O)c1c(F)cccc1Cl)c1ccco1. The minimum absolute atomic E-state index is 0.0140. The van der Waals surface area contributed by atoms with Crippen LogP contribution in [0, 0.1) is 5.82 Å². The van der Waals surface area contributed by atoms with Crippen molar-refractivity contribution in [1.29, 1.82) is 0 Å². The first-order valence-electron chi connectivity index (χ1n) is 5.90. The summed E-state index contributed by atoms with van der Waals surface area (Å²) in [7, 11) is 0. The number of carbonyl (C=O) groups excluding carboxylic acids is 1. The Hall–Kier alpha value is -1.85. The maximum absolute atomic E-state index is 13.6. The number of amides is 1. The zero-order chi connectivity index (χ0) is 14.8. The lowest BCUT2D eigenvalue weighted by atomic mass is 10.0. The van der Waals surface area contributed by atoms with Crippen molar-refractivity contribution < 1.29 is 18.7 Å². The fourth-order valence-corrected chi connectivity index (χ4v) is 1.98. The standard InChI is InChI=1S/C14H13ClFNO3/c1-14(19,11-6-3-7-20-11)8-17-13(18)12-9(15)4-2-5-10(12)16/h2-7,19H,8H2,1H3,(H,17,18)/t14-/m1/s1. The van der Waals surface area contributed by atoms with Gasteiger partial charge in [0.15, 0.2) is 0 Å². The van der Waals surface area contributed by atoms with Crippen molar-refractivity contribution in [1.82, 2.24) is 5.32 Å². The molecular formula is C14H13ClFNO3. The molecule has 0 aliphatic rings. The molecule has 0 aliphatic carbocycles. The maximum Gasteiger partial charge on any atom is 0.255 e. The summed E-state index contributed by atoms with van der Waals surface area (Å²) < 4.78 is 18.7. The van der Waals surface area contributed by atoms with E-state index in [0.717, 1.165) is 6.07 Å². The maximum atomic E-state index is 13.6. The molecule has 1 amide bonds. The first-order chi connectivity index (χ1) is 9.42. The number of furan rings is 1. The lowest BCUT2D eigenvalue weighted by Gasteiger charge is -2.21. The number of aliphatic hydroxyl groups is 1. The normalized spacial score (nSPS) is 13.8. The number of halogens is 2. The van der Waals surface area contributed by atoms with E-state index in [-0.39, 0.29) is 17.1 Å². The van der Waals surface area contributed by atoms with Crippen LogP contribution in [-0.4, -0.2) is 17.6 Å². The van der Waals surface area contributed by atoms with Crippen molar-refractivity contribution in [2.75, 3.05) is 6.54 Å². The van der Waals surface area contributed by atoms with Crippen LogP contribution >= 0.6 is 11.6 Å². The fourth-order valence-electron chi connectivity index (χ4n) is 1.73. The average Bonchev–Trinajstić information content (AvgIpc) is 2.91. The van der Waals surface area contributed by atoms with Crippen molar-refractivity contribution in [2.45, 2.75) is 12.5 Å². The van der Waals surface area contributed by atoms with Crippen LogP contribution in [0.5, 0.6) is 0 Å². The highest BCUT2D eigenvalue weighted by Gasteiger charge is 2.27. The summed E-state index contributed by atoms with van der Waals surface area (Å²) in [5.74, 6) is -1.11. The van der Waals surface area contributed by atoms with Gasteiger partial charge in [0.05, 0.1) is 23.4 Å². The van der Waals surface area contributed by atoms with Gasteiger partial charge in [-0.2, -0.15) is 0 Å². The third-order valence-corrected chi connectivity index (χ3v) is 3.15. The molecule has 1 aromatic heterocycles. The van der Waals surface area contributed by atoms with E-state index in [4.69, 9.17) is 16.0 Å². The Balaban J connectivity index is 2.10. The summed E-state index contributed by atoms with van der Waals surface area (Å²) in [6.45, 7) is 1.35. The molecule has 1 heterocycles. The molecule has 0 saturated carbocycles. The van der Waals surface area contributed by atoms with Crippen molar-refractivity contribution in [3.8, 4) is 0 Å². The highest BCUT2D eigenvalue weighted by molar-refractivity contribution is 6.33. The Kier molecular flexibility index (Phi) is 4.11. The molecule has 106 valence electrons. The van der Waals surface area contributed by atoms with Gasteiger partial charge in [-0.1, -0.05) is 17.7 Å². The Labute approximate surface area is 120 Å². The summed E-state index contributed by atoms with van der Waals surface area (Å²) >= 11 is 5.79. The third-order valence-electron chi connectivity index (χ3n) is 2.83. The van der Waals surface area contributed by atoms with Crippen molar-refractivity contribution in [3.05, 3.63) is 58.8 Å². The van der Waals surface area contributed by atoms with Gasteiger partial charge in [0.2, 0.25) is 0 Å². The van der Waals surface area contributed by atoms with Crippen LogP contribution in [0.15, 0.2) is 41.0 Å². The predicted molar refractivity (Wildman–Crippen MR) is 72.0 cm³/mol. The van der Waals surface area contributed by atoms with E-state index < -0.39 is 17.3 Å². The van der Waals surface area contributed by atoms with Gasteiger partial charge >= 0.3 is 0 Å². The van der Waals surface area contributed by atoms with E-state index in [1.807, 2.05) is 0 Å². The molecule has 0 bridgehead atoms. The third kappa shape index (κ3) is 3.00. The van der Waals surface area contributed by atoms with E-state index in [9.17, 15) is 14.3 Å². The van der Waals surface area contributed by atoms with Crippen LogP contribution in [0.3, 0.4) is 0 Å². The summed E-state index contributed by atoms with van der Waals surface area (Å²) in [6.07, 6.45) is 1.42.